The predicted octanol–water partition coefficient (Wildman–Crippen LogP) is 4.61. The van der Waals surface area contributed by atoms with Crippen molar-refractivity contribution in [2.24, 2.45) is 0 Å². The van der Waals surface area contributed by atoms with Crippen LogP contribution in [0.4, 0.5) is 11.5 Å². The number of para-hydroxylation sites is 1. The number of hydrogen-bond donors (Lipinski definition) is 1. The van der Waals surface area contributed by atoms with E-state index in [2.05, 4.69) is 59.6 Å². The van der Waals surface area contributed by atoms with Crippen LogP contribution < -0.4 is 5.32 Å². The second kappa shape index (κ2) is 8.49. The largest absolute Gasteiger partial charge is 0.379 e. The molecule has 3 heterocycles. The molecule has 0 atom stereocenters. The van der Waals surface area contributed by atoms with E-state index in [0.717, 1.165) is 72.3 Å². The Morgan fingerprint density at radius 1 is 0.968 bits per heavy atom. The molecule has 2 aromatic heterocycles. The Kier molecular flexibility index (Phi) is 5.40. The molecule has 1 N–H and O–H groups in total. The van der Waals surface area contributed by atoms with Crippen LogP contribution in [0, 0.1) is 13.8 Å². The van der Waals surface area contributed by atoms with Gasteiger partial charge in [0.15, 0.2) is 5.65 Å². The maximum absolute atomic E-state index is 5.44. The third-order valence-corrected chi connectivity index (χ3v) is 5.75. The van der Waals surface area contributed by atoms with Crippen molar-refractivity contribution in [1.82, 2.24) is 19.7 Å². The Bertz CT molecular complexity index is 1180. The van der Waals surface area contributed by atoms with Crippen molar-refractivity contribution in [1.29, 1.82) is 0 Å². The Hall–Kier alpha value is -3.22. The lowest BCUT2D eigenvalue weighted by atomic mass is 10.1. The van der Waals surface area contributed by atoms with E-state index in [1.165, 1.54) is 5.56 Å². The summed E-state index contributed by atoms with van der Waals surface area (Å²) in [5.41, 5.74) is 6.37. The second-order valence-corrected chi connectivity index (χ2v) is 8.07. The molecule has 0 saturated carbocycles. The standard InChI is InChI=1S/C25H27N5O/c1-18-16-23(26-21-10-8-20(9-11-21)17-29-12-14-31-15-13-29)27-25-24(18)19(2)28-30(25)22-6-4-3-5-7-22/h3-11,16H,12-15,17H2,1-2H3,(H,26,27). The molecule has 1 aliphatic heterocycles. The van der Waals surface area contributed by atoms with Crippen LogP contribution in [0.1, 0.15) is 16.8 Å². The lowest BCUT2D eigenvalue weighted by molar-refractivity contribution is 0.0342. The second-order valence-electron chi connectivity index (χ2n) is 8.07. The highest BCUT2D eigenvalue weighted by Crippen LogP contribution is 2.27. The Labute approximate surface area is 182 Å². The van der Waals surface area contributed by atoms with Crippen LogP contribution >= 0.6 is 0 Å². The molecule has 1 saturated heterocycles. The molecule has 0 radical (unpaired) electrons. The fourth-order valence-corrected chi connectivity index (χ4v) is 4.18. The SMILES string of the molecule is Cc1cc(Nc2ccc(CN3CCOCC3)cc2)nc2c1c(C)nn2-c1ccccc1. The zero-order chi connectivity index (χ0) is 21.2. The van der Waals surface area contributed by atoms with Crippen molar-refractivity contribution >= 4 is 22.5 Å². The minimum atomic E-state index is 0.822. The highest BCUT2D eigenvalue weighted by molar-refractivity contribution is 5.85. The molecule has 0 aliphatic carbocycles. The molecule has 2 aromatic carbocycles. The van der Waals surface area contributed by atoms with Crippen LogP contribution in [0.5, 0.6) is 0 Å². The van der Waals surface area contributed by atoms with Crippen molar-refractivity contribution in [2.75, 3.05) is 31.6 Å². The van der Waals surface area contributed by atoms with Crippen LogP contribution in [0.15, 0.2) is 60.7 Å². The van der Waals surface area contributed by atoms with Gasteiger partial charge in [0.25, 0.3) is 0 Å². The molecule has 0 bridgehead atoms. The number of fused-ring (bicyclic) bond motifs is 1. The van der Waals surface area contributed by atoms with Gasteiger partial charge in [-0.15, -0.1) is 0 Å². The smallest absolute Gasteiger partial charge is 0.165 e. The van der Waals surface area contributed by atoms with Crippen LogP contribution in [0.25, 0.3) is 16.7 Å². The summed E-state index contributed by atoms with van der Waals surface area (Å²) in [5, 5.41) is 9.33. The predicted molar refractivity (Wildman–Crippen MR) is 124 cm³/mol. The molecule has 158 valence electrons. The van der Waals surface area contributed by atoms with E-state index in [1.54, 1.807) is 0 Å². The van der Waals surface area contributed by atoms with E-state index in [9.17, 15) is 0 Å². The number of nitrogens with one attached hydrogen (secondary N) is 1. The first-order valence-corrected chi connectivity index (χ1v) is 10.8. The fourth-order valence-electron chi connectivity index (χ4n) is 4.18. The highest BCUT2D eigenvalue weighted by atomic mass is 16.5. The molecule has 1 fully saturated rings. The van der Waals surface area contributed by atoms with Crippen molar-refractivity contribution < 1.29 is 4.74 Å². The summed E-state index contributed by atoms with van der Waals surface area (Å²) in [6.45, 7) is 8.76. The summed E-state index contributed by atoms with van der Waals surface area (Å²) < 4.78 is 7.36. The quantitative estimate of drug-likeness (QED) is 0.518. The van der Waals surface area contributed by atoms with Crippen LogP contribution in [0.3, 0.4) is 0 Å². The van der Waals surface area contributed by atoms with Gasteiger partial charge in [-0.1, -0.05) is 30.3 Å². The van der Waals surface area contributed by atoms with Gasteiger partial charge in [-0.05, 0) is 55.3 Å². The Balaban J connectivity index is 1.40. The van der Waals surface area contributed by atoms with Crippen LogP contribution in [0.2, 0.25) is 0 Å². The number of pyridine rings is 1. The first kappa shape index (κ1) is 19.7. The van der Waals surface area contributed by atoms with E-state index in [-0.39, 0.29) is 0 Å². The van der Waals surface area contributed by atoms with Crippen LogP contribution in [-0.2, 0) is 11.3 Å². The summed E-state index contributed by atoms with van der Waals surface area (Å²) in [6.07, 6.45) is 0. The number of aryl methyl sites for hydroxylation is 2. The van der Waals surface area contributed by atoms with Crippen molar-refractivity contribution in [3.05, 3.63) is 77.5 Å². The Morgan fingerprint density at radius 2 is 1.71 bits per heavy atom. The van der Waals surface area contributed by atoms with E-state index >= 15 is 0 Å². The molecular weight excluding hydrogens is 386 g/mol. The van der Waals surface area contributed by atoms with Gasteiger partial charge in [0, 0.05) is 30.7 Å². The third kappa shape index (κ3) is 4.17. The molecular formula is C25H27N5O. The van der Waals surface area contributed by atoms with Gasteiger partial charge in [0.05, 0.1) is 24.6 Å². The van der Waals surface area contributed by atoms with Gasteiger partial charge in [0.1, 0.15) is 5.82 Å². The maximum atomic E-state index is 5.44. The molecule has 4 aromatic rings. The summed E-state index contributed by atoms with van der Waals surface area (Å²) in [7, 11) is 0. The molecule has 0 spiro atoms. The van der Waals surface area contributed by atoms with E-state index in [4.69, 9.17) is 14.8 Å². The molecule has 0 unspecified atom stereocenters. The van der Waals surface area contributed by atoms with Crippen molar-refractivity contribution in [3.63, 3.8) is 0 Å². The van der Waals surface area contributed by atoms with Gasteiger partial charge in [-0.2, -0.15) is 5.10 Å². The number of hydrogen-bond acceptors (Lipinski definition) is 5. The molecule has 5 rings (SSSR count). The highest BCUT2D eigenvalue weighted by Gasteiger charge is 2.15. The number of rotatable bonds is 5. The van der Waals surface area contributed by atoms with E-state index in [1.807, 2.05) is 29.8 Å². The topological polar surface area (TPSA) is 55.2 Å². The molecule has 1 aliphatic rings. The van der Waals surface area contributed by atoms with Gasteiger partial charge >= 0.3 is 0 Å². The minimum absolute atomic E-state index is 0.822. The molecule has 6 nitrogen and oxygen atoms in total. The van der Waals surface area contributed by atoms with E-state index in [0.29, 0.717) is 0 Å². The van der Waals surface area contributed by atoms with E-state index < -0.39 is 0 Å². The number of nitrogens with zero attached hydrogens (tertiary/aromatic N) is 4. The number of anilines is 2. The number of benzene rings is 2. The van der Waals surface area contributed by atoms with Gasteiger partial charge in [0.2, 0.25) is 0 Å². The first-order chi connectivity index (χ1) is 15.2. The monoisotopic (exact) mass is 413 g/mol. The average Bonchev–Trinajstić information content (AvgIpc) is 3.13. The number of aromatic nitrogens is 3. The molecule has 6 heteroatoms. The summed E-state index contributed by atoms with van der Waals surface area (Å²) in [5.74, 6) is 0.822. The zero-order valence-corrected chi connectivity index (χ0v) is 18.0. The first-order valence-electron chi connectivity index (χ1n) is 10.8. The normalized spacial score (nSPS) is 14.8. The van der Waals surface area contributed by atoms with Gasteiger partial charge in [-0.25, -0.2) is 9.67 Å². The van der Waals surface area contributed by atoms with Crippen molar-refractivity contribution in [2.45, 2.75) is 20.4 Å². The lowest BCUT2D eigenvalue weighted by Crippen LogP contribution is -2.35. The third-order valence-electron chi connectivity index (χ3n) is 5.75. The number of ether oxygens (including phenoxy) is 1. The molecule has 31 heavy (non-hydrogen) atoms. The number of morpholine rings is 1. The summed E-state index contributed by atoms with van der Waals surface area (Å²) in [6, 6.07) is 20.9. The molecule has 0 amide bonds. The Morgan fingerprint density at radius 3 is 2.45 bits per heavy atom. The lowest BCUT2D eigenvalue weighted by Gasteiger charge is -2.26. The minimum Gasteiger partial charge on any atom is -0.379 e. The summed E-state index contributed by atoms with van der Waals surface area (Å²) >= 11 is 0. The van der Waals surface area contributed by atoms with Crippen LogP contribution in [-0.4, -0.2) is 46.0 Å². The summed E-state index contributed by atoms with van der Waals surface area (Å²) in [4.78, 5) is 7.34. The average molecular weight is 414 g/mol. The van der Waals surface area contributed by atoms with Crippen molar-refractivity contribution in [3.8, 4) is 5.69 Å². The fraction of sp³-hybridized carbons (Fsp3) is 0.280. The van der Waals surface area contributed by atoms with Gasteiger partial charge in [-0.3, -0.25) is 4.90 Å². The zero-order valence-electron chi connectivity index (χ0n) is 18.0. The maximum Gasteiger partial charge on any atom is 0.165 e. The van der Waals surface area contributed by atoms with Gasteiger partial charge < -0.3 is 10.1 Å².